The van der Waals surface area contributed by atoms with Gasteiger partial charge in [0.1, 0.15) is 6.54 Å². The van der Waals surface area contributed by atoms with Gasteiger partial charge in [-0.1, -0.05) is 0 Å². The Morgan fingerprint density at radius 1 is 1.14 bits per heavy atom. The maximum absolute atomic E-state index is 6.38. The Hall–Kier alpha value is -2.78. The van der Waals surface area contributed by atoms with E-state index in [1.54, 1.807) is 26.4 Å². The molecule has 28 heavy (non-hydrogen) atoms. The first kappa shape index (κ1) is 18.6. The van der Waals surface area contributed by atoms with Gasteiger partial charge < -0.3 is 23.4 Å². The zero-order chi connectivity index (χ0) is 19.8. The molecule has 148 valence electrons. The summed E-state index contributed by atoms with van der Waals surface area (Å²) in [4.78, 5) is 8.72. The van der Waals surface area contributed by atoms with Crippen molar-refractivity contribution in [3.05, 3.63) is 35.1 Å². The van der Waals surface area contributed by atoms with E-state index in [-0.39, 0.29) is 0 Å². The topological polar surface area (TPSA) is 81.7 Å². The fourth-order valence-electron chi connectivity index (χ4n) is 3.34. The molecular weight excluding hydrogens is 384 g/mol. The predicted octanol–water partition coefficient (Wildman–Crippen LogP) is 2.49. The summed E-state index contributed by atoms with van der Waals surface area (Å²) in [5.74, 6) is 2.95. The monoisotopic (exact) mass is 404 g/mol. The number of anilines is 1. The van der Waals surface area contributed by atoms with Crippen molar-refractivity contribution in [1.82, 2.24) is 24.6 Å². The molecule has 3 aromatic rings. The summed E-state index contributed by atoms with van der Waals surface area (Å²) in [6.45, 7) is 1.89. The number of nitrogens with zero attached hydrogens (tertiary/aromatic N) is 6. The maximum Gasteiger partial charge on any atom is 0.247 e. The molecule has 0 aliphatic carbocycles. The number of benzene rings is 1. The molecule has 4 rings (SSSR count). The van der Waals surface area contributed by atoms with Crippen LogP contribution in [-0.4, -0.2) is 59.6 Å². The third-order valence-corrected chi connectivity index (χ3v) is 4.92. The smallest absolute Gasteiger partial charge is 0.247 e. The molecule has 0 unspecified atom stereocenters. The molecule has 1 aliphatic heterocycles. The molecule has 1 aromatic carbocycles. The molecule has 0 fully saturated rings. The van der Waals surface area contributed by atoms with Gasteiger partial charge in [-0.25, -0.2) is 4.98 Å². The number of imidazole rings is 1. The predicted molar refractivity (Wildman–Crippen MR) is 104 cm³/mol. The second-order valence-corrected chi connectivity index (χ2v) is 7.00. The van der Waals surface area contributed by atoms with Crippen molar-refractivity contribution in [2.45, 2.75) is 13.1 Å². The second-order valence-electron chi connectivity index (χ2n) is 6.66. The van der Waals surface area contributed by atoms with Crippen LogP contribution < -0.4 is 14.4 Å². The number of methoxy groups -OCH3 is 2. The molecule has 10 heteroatoms. The molecule has 0 N–H and O–H groups in total. The van der Waals surface area contributed by atoms with Crippen LogP contribution in [0.5, 0.6) is 11.5 Å². The lowest BCUT2D eigenvalue weighted by molar-refractivity contribution is 0.304. The number of hydrogen-bond acceptors (Lipinski definition) is 8. The van der Waals surface area contributed by atoms with Gasteiger partial charge in [0.2, 0.25) is 17.1 Å². The fourth-order valence-corrected chi connectivity index (χ4v) is 3.58. The minimum absolute atomic E-state index is 0.350. The lowest BCUT2D eigenvalue weighted by Crippen LogP contribution is -2.38. The lowest BCUT2D eigenvalue weighted by Gasteiger charge is -2.31. The SMILES string of the molecule is COc1ccc(-c2nnc(Cn3c(Cl)nc4c3CN(C)CN4C)o2)cc1OC. The van der Waals surface area contributed by atoms with Gasteiger partial charge in [0.15, 0.2) is 17.3 Å². The summed E-state index contributed by atoms with van der Waals surface area (Å²) in [5.41, 5.74) is 1.77. The van der Waals surface area contributed by atoms with Gasteiger partial charge in [0.25, 0.3) is 0 Å². The highest BCUT2D eigenvalue weighted by Crippen LogP contribution is 2.32. The minimum Gasteiger partial charge on any atom is -0.493 e. The van der Waals surface area contributed by atoms with E-state index in [9.17, 15) is 0 Å². The zero-order valence-corrected chi connectivity index (χ0v) is 16.9. The average Bonchev–Trinajstić information content (AvgIpc) is 3.27. The van der Waals surface area contributed by atoms with Crippen molar-refractivity contribution in [2.75, 3.05) is 39.9 Å². The first-order chi connectivity index (χ1) is 13.5. The van der Waals surface area contributed by atoms with Crippen LogP contribution in [0, 0.1) is 0 Å². The van der Waals surface area contributed by atoms with Gasteiger partial charge >= 0.3 is 0 Å². The Balaban J connectivity index is 1.62. The third-order valence-electron chi connectivity index (χ3n) is 4.63. The van der Waals surface area contributed by atoms with E-state index >= 15 is 0 Å². The van der Waals surface area contributed by atoms with Crippen LogP contribution in [0.3, 0.4) is 0 Å². The Bertz CT molecular complexity index is 1000. The summed E-state index contributed by atoms with van der Waals surface area (Å²) in [5, 5.41) is 8.73. The highest BCUT2D eigenvalue weighted by Gasteiger charge is 2.26. The largest absolute Gasteiger partial charge is 0.493 e. The third kappa shape index (κ3) is 3.27. The number of ether oxygens (including phenoxy) is 2. The normalized spacial score (nSPS) is 14.2. The lowest BCUT2D eigenvalue weighted by atomic mass is 10.2. The van der Waals surface area contributed by atoms with E-state index in [2.05, 4.69) is 25.0 Å². The van der Waals surface area contributed by atoms with Crippen LogP contribution >= 0.6 is 11.6 Å². The first-order valence-corrected chi connectivity index (χ1v) is 9.07. The standard InChI is InChI=1S/C18H21ClN6O3/c1-23-8-12-16(24(2)10-23)20-18(19)25(12)9-15-21-22-17(28-15)11-5-6-13(26-3)14(7-11)27-4/h5-7H,8-10H2,1-4H3. The Morgan fingerprint density at radius 2 is 1.93 bits per heavy atom. The number of fused-ring (bicyclic) bond motifs is 1. The van der Waals surface area contributed by atoms with Gasteiger partial charge in [-0.15, -0.1) is 10.2 Å². The van der Waals surface area contributed by atoms with Gasteiger partial charge in [-0.2, -0.15) is 0 Å². The summed E-state index contributed by atoms with van der Waals surface area (Å²) in [7, 11) is 7.21. The van der Waals surface area contributed by atoms with Crippen molar-refractivity contribution < 1.29 is 13.9 Å². The summed E-state index contributed by atoms with van der Waals surface area (Å²) >= 11 is 6.38. The quantitative estimate of drug-likeness (QED) is 0.641. The van der Waals surface area contributed by atoms with Crippen LogP contribution in [0.2, 0.25) is 5.28 Å². The van der Waals surface area contributed by atoms with Crippen LogP contribution in [0.1, 0.15) is 11.6 Å². The highest BCUT2D eigenvalue weighted by atomic mass is 35.5. The Morgan fingerprint density at radius 3 is 2.68 bits per heavy atom. The molecule has 0 amide bonds. The summed E-state index contributed by atoms with van der Waals surface area (Å²) in [6.07, 6.45) is 0. The summed E-state index contributed by atoms with van der Waals surface area (Å²) in [6, 6.07) is 5.44. The van der Waals surface area contributed by atoms with Crippen molar-refractivity contribution in [2.24, 2.45) is 0 Å². The number of halogens is 1. The van der Waals surface area contributed by atoms with E-state index in [4.69, 9.17) is 25.5 Å². The number of hydrogen-bond donors (Lipinski definition) is 0. The number of rotatable bonds is 5. The van der Waals surface area contributed by atoms with Crippen LogP contribution in [-0.2, 0) is 13.1 Å². The molecule has 1 aliphatic rings. The van der Waals surface area contributed by atoms with E-state index in [1.165, 1.54) is 0 Å². The molecule has 0 radical (unpaired) electrons. The van der Waals surface area contributed by atoms with E-state index in [0.717, 1.165) is 30.3 Å². The molecule has 9 nitrogen and oxygen atoms in total. The van der Waals surface area contributed by atoms with Gasteiger partial charge in [0.05, 0.1) is 26.6 Å². The summed E-state index contributed by atoms with van der Waals surface area (Å²) < 4.78 is 18.4. The van der Waals surface area contributed by atoms with Gasteiger partial charge in [-0.05, 0) is 36.8 Å². The molecule has 0 bridgehead atoms. The highest BCUT2D eigenvalue weighted by molar-refractivity contribution is 6.28. The van der Waals surface area contributed by atoms with E-state index in [0.29, 0.717) is 35.1 Å². The minimum atomic E-state index is 0.350. The molecule has 2 aromatic heterocycles. The van der Waals surface area contributed by atoms with Crippen LogP contribution in [0.25, 0.3) is 11.5 Å². The second kappa shape index (κ2) is 7.33. The molecule has 3 heterocycles. The molecular formula is C18H21ClN6O3. The average molecular weight is 405 g/mol. The van der Waals surface area contributed by atoms with Gasteiger partial charge in [0, 0.05) is 19.2 Å². The van der Waals surface area contributed by atoms with Crippen molar-refractivity contribution in [1.29, 1.82) is 0 Å². The van der Waals surface area contributed by atoms with Crippen molar-refractivity contribution in [3.63, 3.8) is 0 Å². The van der Waals surface area contributed by atoms with Crippen molar-refractivity contribution >= 4 is 17.4 Å². The molecule has 0 spiro atoms. The fraction of sp³-hybridized carbons (Fsp3) is 0.389. The molecule has 0 saturated heterocycles. The van der Waals surface area contributed by atoms with E-state index < -0.39 is 0 Å². The van der Waals surface area contributed by atoms with Crippen LogP contribution in [0.15, 0.2) is 22.6 Å². The zero-order valence-electron chi connectivity index (χ0n) is 16.1. The van der Waals surface area contributed by atoms with Gasteiger partial charge in [-0.3, -0.25) is 4.90 Å². The molecule has 0 saturated carbocycles. The maximum atomic E-state index is 6.38. The van der Waals surface area contributed by atoms with Crippen LogP contribution in [0.4, 0.5) is 5.82 Å². The number of aromatic nitrogens is 4. The Kier molecular flexibility index (Phi) is 4.86. The van der Waals surface area contributed by atoms with Crippen molar-refractivity contribution in [3.8, 4) is 23.0 Å². The van der Waals surface area contributed by atoms with E-state index in [1.807, 2.05) is 24.7 Å². The first-order valence-electron chi connectivity index (χ1n) is 8.69. The molecule has 0 atom stereocenters. The Labute approximate surface area is 167 Å².